The summed E-state index contributed by atoms with van der Waals surface area (Å²) in [6.45, 7) is 7.85. The molecule has 0 spiro atoms. The molecule has 0 aliphatic carbocycles. The van der Waals surface area contributed by atoms with Crippen molar-refractivity contribution in [1.82, 2.24) is 15.0 Å². The van der Waals surface area contributed by atoms with Crippen LogP contribution in [0.2, 0.25) is 0 Å². The molecular formula is C17H25N3O4. The Bertz CT molecular complexity index is 626. The number of ether oxygens (including phenoxy) is 1. The van der Waals surface area contributed by atoms with Crippen LogP contribution in [0, 0.1) is 0 Å². The minimum Gasteiger partial charge on any atom is -0.444 e. The standard InChI is InChI=1S/C17H25N3O4/c1-17(2,3)23-16(22)20-10-7-13-12(11-20)14(18-24-13)15(21)19-8-5-4-6-9-19/h4-11H2,1-3H3. The molecule has 1 saturated heterocycles. The Morgan fingerprint density at radius 1 is 1.08 bits per heavy atom. The quantitative estimate of drug-likeness (QED) is 0.788. The lowest BCUT2D eigenvalue weighted by atomic mass is 10.0. The van der Waals surface area contributed by atoms with Gasteiger partial charge in [-0.15, -0.1) is 0 Å². The van der Waals surface area contributed by atoms with Crippen LogP contribution >= 0.6 is 0 Å². The predicted octanol–water partition coefficient (Wildman–Crippen LogP) is 2.59. The molecule has 7 nitrogen and oxygen atoms in total. The topological polar surface area (TPSA) is 75.9 Å². The number of carbonyl (C=O) groups excluding carboxylic acids is 2. The third-order valence-corrected chi connectivity index (χ3v) is 4.32. The molecule has 3 heterocycles. The lowest BCUT2D eigenvalue weighted by Crippen LogP contribution is -2.41. The fourth-order valence-corrected chi connectivity index (χ4v) is 3.11. The molecule has 2 aliphatic rings. The molecule has 0 saturated carbocycles. The number of aromatic nitrogens is 1. The Morgan fingerprint density at radius 3 is 2.46 bits per heavy atom. The average Bonchev–Trinajstić information content (AvgIpc) is 2.96. The Balaban J connectivity index is 1.74. The van der Waals surface area contributed by atoms with Crippen molar-refractivity contribution in [3.05, 3.63) is 17.0 Å². The molecule has 0 bridgehead atoms. The van der Waals surface area contributed by atoms with Crippen LogP contribution in [0.4, 0.5) is 4.79 Å². The molecule has 2 aliphatic heterocycles. The molecule has 24 heavy (non-hydrogen) atoms. The van der Waals surface area contributed by atoms with Gasteiger partial charge in [-0.3, -0.25) is 4.79 Å². The number of piperidine rings is 1. The van der Waals surface area contributed by atoms with Crippen LogP contribution < -0.4 is 0 Å². The van der Waals surface area contributed by atoms with Crippen LogP contribution in [0.3, 0.4) is 0 Å². The maximum absolute atomic E-state index is 12.7. The van der Waals surface area contributed by atoms with Crippen molar-refractivity contribution in [2.24, 2.45) is 0 Å². The zero-order valence-electron chi connectivity index (χ0n) is 14.6. The largest absolute Gasteiger partial charge is 0.444 e. The van der Waals surface area contributed by atoms with E-state index in [2.05, 4.69) is 5.16 Å². The van der Waals surface area contributed by atoms with E-state index >= 15 is 0 Å². The lowest BCUT2D eigenvalue weighted by molar-refractivity contribution is 0.0217. The minimum absolute atomic E-state index is 0.0919. The van der Waals surface area contributed by atoms with Crippen LogP contribution in [0.15, 0.2) is 4.52 Å². The van der Waals surface area contributed by atoms with E-state index in [9.17, 15) is 9.59 Å². The molecule has 2 amide bonds. The van der Waals surface area contributed by atoms with Gasteiger partial charge in [0.1, 0.15) is 11.4 Å². The van der Waals surface area contributed by atoms with Crippen LogP contribution in [0.25, 0.3) is 0 Å². The summed E-state index contributed by atoms with van der Waals surface area (Å²) < 4.78 is 10.8. The third-order valence-electron chi connectivity index (χ3n) is 4.32. The summed E-state index contributed by atoms with van der Waals surface area (Å²) in [4.78, 5) is 28.4. The number of hydrogen-bond acceptors (Lipinski definition) is 5. The van der Waals surface area contributed by atoms with Crippen LogP contribution in [-0.2, 0) is 17.7 Å². The molecule has 1 aromatic rings. The van der Waals surface area contributed by atoms with E-state index in [-0.39, 0.29) is 12.0 Å². The molecule has 0 unspecified atom stereocenters. The van der Waals surface area contributed by atoms with Crippen molar-refractivity contribution >= 4 is 12.0 Å². The molecule has 0 aromatic carbocycles. The fraction of sp³-hybridized carbons (Fsp3) is 0.706. The summed E-state index contributed by atoms with van der Waals surface area (Å²) in [5.74, 6) is 0.612. The number of fused-ring (bicyclic) bond motifs is 1. The second-order valence-corrected chi connectivity index (χ2v) is 7.44. The monoisotopic (exact) mass is 335 g/mol. The molecule has 0 N–H and O–H groups in total. The number of hydrogen-bond donors (Lipinski definition) is 0. The number of carbonyl (C=O) groups is 2. The van der Waals surface area contributed by atoms with Gasteiger partial charge in [0.15, 0.2) is 5.69 Å². The van der Waals surface area contributed by atoms with E-state index < -0.39 is 5.60 Å². The van der Waals surface area contributed by atoms with Crippen molar-refractivity contribution in [2.75, 3.05) is 19.6 Å². The van der Waals surface area contributed by atoms with Crippen LogP contribution in [-0.4, -0.2) is 52.2 Å². The first-order valence-corrected chi connectivity index (χ1v) is 8.60. The normalized spacial score (nSPS) is 18.3. The van der Waals surface area contributed by atoms with E-state index in [0.29, 0.717) is 31.0 Å². The Morgan fingerprint density at radius 2 is 1.79 bits per heavy atom. The number of amides is 2. The van der Waals surface area contributed by atoms with Gasteiger partial charge in [0.05, 0.1) is 6.54 Å². The SMILES string of the molecule is CC(C)(C)OC(=O)N1CCc2onc(C(=O)N3CCCCC3)c2C1. The third kappa shape index (κ3) is 3.55. The zero-order chi connectivity index (χ0) is 17.3. The van der Waals surface area contributed by atoms with Crippen molar-refractivity contribution < 1.29 is 18.8 Å². The molecule has 1 fully saturated rings. The first-order valence-electron chi connectivity index (χ1n) is 8.60. The Labute approximate surface area is 141 Å². The molecule has 132 valence electrons. The minimum atomic E-state index is -0.543. The van der Waals surface area contributed by atoms with Gasteiger partial charge in [-0.25, -0.2) is 4.79 Å². The first-order chi connectivity index (χ1) is 11.3. The van der Waals surface area contributed by atoms with Crippen LogP contribution in [0.5, 0.6) is 0 Å². The predicted molar refractivity (Wildman–Crippen MR) is 86.6 cm³/mol. The number of rotatable bonds is 1. The maximum atomic E-state index is 12.7. The second-order valence-electron chi connectivity index (χ2n) is 7.44. The van der Waals surface area contributed by atoms with Gasteiger partial charge >= 0.3 is 6.09 Å². The van der Waals surface area contributed by atoms with Gasteiger partial charge in [0.25, 0.3) is 5.91 Å². The highest BCUT2D eigenvalue weighted by Gasteiger charge is 2.33. The van der Waals surface area contributed by atoms with Crippen molar-refractivity contribution in [3.63, 3.8) is 0 Å². The highest BCUT2D eigenvalue weighted by molar-refractivity contribution is 5.94. The van der Waals surface area contributed by atoms with E-state index in [1.54, 1.807) is 4.90 Å². The molecule has 0 radical (unpaired) electrons. The fourth-order valence-electron chi connectivity index (χ4n) is 3.11. The molecular weight excluding hydrogens is 310 g/mol. The second kappa shape index (κ2) is 6.45. The van der Waals surface area contributed by atoms with Gasteiger partial charge in [-0.2, -0.15) is 0 Å². The van der Waals surface area contributed by atoms with Crippen molar-refractivity contribution in [1.29, 1.82) is 0 Å². The van der Waals surface area contributed by atoms with Gasteiger partial charge < -0.3 is 19.1 Å². The van der Waals surface area contributed by atoms with E-state index in [1.165, 1.54) is 0 Å². The Kier molecular flexibility index (Phi) is 4.51. The van der Waals surface area contributed by atoms with Gasteiger partial charge in [0.2, 0.25) is 0 Å². The first kappa shape index (κ1) is 16.8. The van der Waals surface area contributed by atoms with Gasteiger partial charge in [0, 0.05) is 31.6 Å². The molecule has 3 rings (SSSR count). The lowest BCUT2D eigenvalue weighted by Gasteiger charge is -2.30. The van der Waals surface area contributed by atoms with Crippen molar-refractivity contribution in [2.45, 2.75) is 58.6 Å². The molecule has 7 heteroatoms. The van der Waals surface area contributed by atoms with E-state index in [1.807, 2.05) is 25.7 Å². The molecule has 0 atom stereocenters. The summed E-state index contributed by atoms with van der Waals surface area (Å²) in [6, 6.07) is 0. The average molecular weight is 335 g/mol. The zero-order valence-corrected chi connectivity index (χ0v) is 14.6. The highest BCUT2D eigenvalue weighted by Crippen LogP contribution is 2.25. The number of likely N-dealkylation sites (tertiary alicyclic amines) is 1. The van der Waals surface area contributed by atoms with E-state index in [0.717, 1.165) is 37.9 Å². The van der Waals surface area contributed by atoms with Crippen LogP contribution in [0.1, 0.15) is 61.8 Å². The summed E-state index contributed by atoms with van der Waals surface area (Å²) in [7, 11) is 0. The van der Waals surface area contributed by atoms with Crippen molar-refractivity contribution in [3.8, 4) is 0 Å². The Hall–Kier alpha value is -2.05. The molecule has 1 aromatic heterocycles. The number of nitrogens with zero attached hydrogens (tertiary/aromatic N) is 3. The summed E-state index contributed by atoms with van der Waals surface area (Å²) >= 11 is 0. The summed E-state index contributed by atoms with van der Waals surface area (Å²) in [5.41, 5.74) is 0.529. The van der Waals surface area contributed by atoms with Gasteiger partial charge in [-0.1, -0.05) is 5.16 Å². The maximum Gasteiger partial charge on any atom is 0.410 e. The summed E-state index contributed by atoms with van der Waals surface area (Å²) in [5, 5.41) is 4.00. The highest BCUT2D eigenvalue weighted by atomic mass is 16.6. The van der Waals surface area contributed by atoms with Gasteiger partial charge in [-0.05, 0) is 40.0 Å². The summed E-state index contributed by atoms with van der Waals surface area (Å²) in [6.07, 6.45) is 3.39. The smallest absolute Gasteiger partial charge is 0.410 e. The van der Waals surface area contributed by atoms with E-state index in [4.69, 9.17) is 9.26 Å².